The van der Waals surface area contributed by atoms with Crippen LogP contribution in [0, 0.1) is 0 Å². The maximum Gasteiger partial charge on any atom is 0.261 e. The standard InChI is InChI=1S/C22H30O2Si/c1-18(2)16-19(23)17-24-25(22(3,4)5,20-12-8-6-9-13-20)21-14-10-7-11-15-21/h6-15,19,23H,1,16-17H2,2-5H3. The first kappa shape index (κ1) is 19.6. The molecule has 0 aromatic heterocycles. The molecule has 0 spiro atoms. The summed E-state index contributed by atoms with van der Waals surface area (Å²) in [5, 5.41) is 12.8. The van der Waals surface area contributed by atoms with Crippen LogP contribution in [0.3, 0.4) is 0 Å². The molecule has 2 nitrogen and oxygen atoms in total. The first-order chi connectivity index (χ1) is 11.8. The summed E-state index contributed by atoms with van der Waals surface area (Å²) in [4.78, 5) is 0. The number of rotatable bonds is 7. The van der Waals surface area contributed by atoms with Gasteiger partial charge in [0, 0.05) is 0 Å². The molecule has 1 N–H and O–H groups in total. The third-order valence-electron chi connectivity index (χ3n) is 4.49. The molecule has 0 bridgehead atoms. The molecule has 0 fully saturated rings. The van der Waals surface area contributed by atoms with E-state index in [0.717, 1.165) is 5.57 Å². The van der Waals surface area contributed by atoms with Gasteiger partial charge >= 0.3 is 0 Å². The molecule has 2 aromatic rings. The maximum atomic E-state index is 10.4. The van der Waals surface area contributed by atoms with Crippen LogP contribution in [-0.4, -0.2) is 26.1 Å². The van der Waals surface area contributed by atoms with E-state index in [0.29, 0.717) is 13.0 Å². The van der Waals surface area contributed by atoms with Gasteiger partial charge in [0.25, 0.3) is 8.32 Å². The Morgan fingerprint density at radius 3 is 1.80 bits per heavy atom. The molecule has 0 radical (unpaired) electrons. The molecule has 0 saturated carbocycles. The van der Waals surface area contributed by atoms with Crippen molar-refractivity contribution in [3.8, 4) is 0 Å². The summed E-state index contributed by atoms with van der Waals surface area (Å²) in [5.74, 6) is 0. The van der Waals surface area contributed by atoms with Crippen molar-refractivity contribution in [2.24, 2.45) is 0 Å². The normalized spacial score (nSPS) is 13.5. The van der Waals surface area contributed by atoms with Gasteiger partial charge in [0.1, 0.15) is 0 Å². The van der Waals surface area contributed by atoms with E-state index < -0.39 is 14.4 Å². The molecule has 0 amide bonds. The number of benzene rings is 2. The predicted molar refractivity (Wildman–Crippen MR) is 109 cm³/mol. The summed E-state index contributed by atoms with van der Waals surface area (Å²) in [7, 11) is -2.55. The Morgan fingerprint density at radius 1 is 1.00 bits per heavy atom. The predicted octanol–water partition coefficient (Wildman–Crippen LogP) is 3.89. The van der Waals surface area contributed by atoms with Gasteiger partial charge in [-0.2, -0.15) is 0 Å². The molecule has 1 atom stereocenters. The third kappa shape index (κ3) is 4.49. The highest BCUT2D eigenvalue weighted by Crippen LogP contribution is 2.36. The first-order valence-electron chi connectivity index (χ1n) is 8.85. The smallest absolute Gasteiger partial charge is 0.261 e. The topological polar surface area (TPSA) is 29.5 Å². The van der Waals surface area contributed by atoms with Gasteiger partial charge in [-0.15, -0.1) is 6.58 Å². The summed E-state index contributed by atoms with van der Waals surface area (Å²) in [6, 6.07) is 21.0. The Morgan fingerprint density at radius 2 is 1.44 bits per heavy atom. The van der Waals surface area contributed by atoms with Gasteiger partial charge in [0.05, 0.1) is 12.7 Å². The van der Waals surface area contributed by atoms with E-state index in [9.17, 15) is 5.11 Å². The van der Waals surface area contributed by atoms with E-state index in [1.165, 1.54) is 10.4 Å². The SMILES string of the molecule is C=C(C)CC(O)CO[Si](c1ccccc1)(c1ccccc1)C(C)(C)C. The first-order valence-corrected chi connectivity index (χ1v) is 10.8. The lowest BCUT2D eigenvalue weighted by atomic mass is 10.2. The minimum absolute atomic E-state index is 0.0708. The monoisotopic (exact) mass is 354 g/mol. The third-order valence-corrected chi connectivity index (χ3v) is 9.50. The van der Waals surface area contributed by atoms with Gasteiger partial charge in [-0.1, -0.05) is 87.0 Å². The van der Waals surface area contributed by atoms with Gasteiger partial charge in [0.2, 0.25) is 0 Å². The second kappa shape index (κ2) is 8.13. The Balaban J connectivity index is 2.51. The summed E-state index contributed by atoms with van der Waals surface area (Å²) < 4.78 is 6.68. The molecule has 0 aliphatic heterocycles. The summed E-state index contributed by atoms with van der Waals surface area (Å²) in [6.07, 6.45) is 0.0391. The average molecular weight is 355 g/mol. The number of aliphatic hydroxyl groups is 1. The molecule has 0 aliphatic carbocycles. The molecule has 0 saturated heterocycles. The van der Waals surface area contributed by atoms with Gasteiger partial charge in [-0.25, -0.2) is 0 Å². The van der Waals surface area contributed by atoms with Crippen LogP contribution in [0.25, 0.3) is 0 Å². The van der Waals surface area contributed by atoms with E-state index >= 15 is 0 Å². The molecule has 0 heterocycles. The van der Waals surface area contributed by atoms with Crippen LogP contribution in [0.2, 0.25) is 5.04 Å². The van der Waals surface area contributed by atoms with Crippen LogP contribution in [0.1, 0.15) is 34.1 Å². The van der Waals surface area contributed by atoms with Gasteiger partial charge in [-0.05, 0) is 28.8 Å². The fourth-order valence-corrected chi connectivity index (χ4v) is 8.04. The molecule has 1 unspecified atom stereocenters. The maximum absolute atomic E-state index is 10.4. The minimum Gasteiger partial charge on any atom is -0.405 e. The van der Waals surface area contributed by atoms with Crippen molar-refractivity contribution in [3.63, 3.8) is 0 Å². The molecule has 2 aromatic carbocycles. The van der Waals surface area contributed by atoms with Crippen LogP contribution in [0.4, 0.5) is 0 Å². The van der Waals surface area contributed by atoms with Crippen LogP contribution >= 0.6 is 0 Å². The second-order valence-electron chi connectivity index (χ2n) is 7.79. The number of hydrogen-bond donors (Lipinski definition) is 1. The Labute approximate surface area is 153 Å². The lowest BCUT2D eigenvalue weighted by Gasteiger charge is -2.43. The zero-order valence-electron chi connectivity index (χ0n) is 15.8. The summed E-state index contributed by atoms with van der Waals surface area (Å²) in [6.45, 7) is 12.9. The molecule has 0 aliphatic rings. The average Bonchev–Trinajstić information content (AvgIpc) is 2.55. The molecular formula is C22H30O2Si. The van der Waals surface area contributed by atoms with Crippen molar-refractivity contribution in [1.82, 2.24) is 0 Å². The van der Waals surface area contributed by atoms with Gasteiger partial charge < -0.3 is 9.53 Å². The molecule has 3 heteroatoms. The van der Waals surface area contributed by atoms with Crippen molar-refractivity contribution in [2.45, 2.75) is 45.3 Å². The second-order valence-corrected chi connectivity index (χ2v) is 12.1. The molecule has 2 rings (SSSR count). The van der Waals surface area contributed by atoms with E-state index in [1.54, 1.807) is 0 Å². The largest absolute Gasteiger partial charge is 0.405 e. The van der Waals surface area contributed by atoms with E-state index in [1.807, 2.05) is 19.1 Å². The molecular weight excluding hydrogens is 324 g/mol. The number of aliphatic hydroxyl groups excluding tert-OH is 1. The van der Waals surface area contributed by atoms with Crippen molar-refractivity contribution in [3.05, 3.63) is 72.8 Å². The minimum atomic E-state index is -2.55. The van der Waals surface area contributed by atoms with E-state index in [4.69, 9.17) is 4.43 Å². The van der Waals surface area contributed by atoms with Crippen molar-refractivity contribution in [1.29, 1.82) is 0 Å². The highest BCUT2D eigenvalue weighted by atomic mass is 28.4. The fourth-order valence-electron chi connectivity index (χ4n) is 3.44. The Kier molecular flexibility index (Phi) is 6.39. The molecule has 134 valence electrons. The van der Waals surface area contributed by atoms with Gasteiger partial charge in [0.15, 0.2) is 0 Å². The lowest BCUT2D eigenvalue weighted by molar-refractivity contribution is 0.103. The van der Waals surface area contributed by atoms with E-state index in [2.05, 4.69) is 75.9 Å². The highest BCUT2D eigenvalue weighted by molar-refractivity contribution is 6.99. The van der Waals surface area contributed by atoms with Crippen molar-refractivity contribution in [2.75, 3.05) is 6.61 Å². The van der Waals surface area contributed by atoms with Crippen LogP contribution in [0.15, 0.2) is 72.8 Å². The number of hydrogen-bond acceptors (Lipinski definition) is 2. The molecule has 25 heavy (non-hydrogen) atoms. The zero-order valence-corrected chi connectivity index (χ0v) is 16.8. The van der Waals surface area contributed by atoms with Crippen molar-refractivity contribution >= 4 is 18.7 Å². The Bertz CT molecular complexity index is 635. The summed E-state index contributed by atoms with van der Waals surface area (Å²) >= 11 is 0. The quantitative estimate of drug-likeness (QED) is 0.604. The zero-order chi connectivity index (χ0) is 18.5. The van der Waals surface area contributed by atoms with E-state index in [-0.39, 0.29) is 5.04 Å². The summed E-state index contributed by atoms with van der Waals surface area (Å²) in [5.41, 5.74) is 0.971. The van der Waals surface area contributed by atoms with Crippen LogP contribution in [0.5, 0.6) is 0 Å². The van der Waals surface area contributed by atoms with Gasteiger partial charge in [-0.3, -0.25) is 0 Å². The van der Waals surface area contributed by atoms with Crippen LogP contribution in [-0.2, 0) is 4.43 Å². The Hall–Kier alpha value is -1.68. The fraction of sp³-hybridized carbons (Fsp3) is 0.364. The lowest BCUT2D eigenvalue weighted by Crippen LogP contribution is -2.67. The van der Waals surface area contributed by atoms with Crippen molar-refractivity contribution < 1.29 is 9.53 Å². The highest BCUT2D eigenvalue weighted by Gasteiger charge is 2.50. The van der Waals surface area contributed by atoms with Crippen LogP contribution < -0.4 is 10.4 Å².